The Kier molecular flexibility index (Phi) is 4.42. The number of benzene rings is 1. The van der Waals surface area contributed by atoms with E-state index in [1.54, 1.807) is 11.8 Å². The molecule has 0 saturated heterocycles. The lowest BCUT2D eigenvalue weighted by Gasteiger charge is -2.21. The molecular formula is C14H17N5S. The second-order valence-electron chi connectivity index (χ2n) is 4.64. The number of hydrogen-bond donors (Lipinski definition) is 1. The Balaban J connectivity index is 2.02. The molecule has 0 saturated carbocycles. The molecule has 1 unspecified atom stereocenters. The van der Waals surface area contributed by atoms with Crippen molar-refractivity contribution in [1.29, 1.82) is 5.26 Å². The van der Waals surface area contributed by atoms with E-state index in [-0.39, 0.29) is 0 Å². The summed E-state index contributed by atoms with van der Waals surface area (Å²) >= 11 is 1.56. The van der Waals surface area contributed by atoms with Crippen molar-refractivity contribution in [2.75, 3.05) is 5.75 Å². The molecule has 2 aromatic rings. The zero-order valence-electron chi connectivity index (χ0n) is 11.6. The first-order valence-corrected chi connectivity index (χ1v) is 7.30. The molecule has 0 aliphatic carbocycles. The summed E-state index contributed by atoms with van der Waals surface area (Å²) in [4.78, 5) is 0. The van der Waals surface area contributed by atoms with Gasteiger partial charge in [-0.2, -0.15) is 5.26 Å². The van der Waals surface area contributed by atoms with Crippen LogP contribution in [0.2, 0.25) is 0 Å². The van der Waals surface area contributed by atoms with Gasteiger partial charge in [0.15, 0.2) is 5.16 Å². The average Bonchev–Trinajstić information content (AvgIpc) is 2.80. The van der Waals surface area contributed by atoms with Crippen LogP contribution in [0, 0.1) is 18.3 Å². The minimum absolute atomic E-state index is 0.560. The number of aromatic nitrogens is 3. The van der Waals surface area contributed by atoms with Crippen molar-refractivity contribution < 1.29 is 0 Å². The first kappa shape index (κ1) is 14.6. The summed E-state index contributed by atoms with van der Waals surface area (Å²) in [6.07, 6.45) is 0.560. The van der Waals surface area contributed by atoms with E-state index in [9.17, 15) is 5.26 Å². The van der Waals surface area contributed by atoms with Gasteiger partial charge in [0.25, 0.3) is 0 Å². The second kappa shape index (κ2) is 6.07. The Morgan fingerprint density at radius 2 is 2.05 bits per heavy atom. The van der Waals surface area contributed by atoms with Gasteiger partial charge >= 0.3 is 0 Å². The van der Waals surface area contributed by atoms with Gasteiger partial charge in [-0.15, -0.1) is 10.2 Å². The molecule has 1 atom stereocenters. The van der Waals surface area contributed by atoms with E-state index in [4.69, 9.17) is 5.73 Å². The molecule has 0 radical (unpaired) electrons. The molecule has 20 heavy (non-hydrogen) atoms. The van der Waals surface area contributed by atoms with Crippen LogP contribution in [0.4, 0.5) is 0 Å². The number of nitrogens with zero attached hydrogens (tertiary/aromatic N) is 4. The van der Waals surface area contributed by atoms with E-state index in [1.165, 1.54) is 0 Å². The maximum Gasteiger partial charge on any atom is 0.190 e. The Bertz CT molecular complexity index is 616. The number of nitrogens with two attached hydrogens (primary N) is 1. The van der Waals surface area contributed by atoms with Gasteiger partial charge < -0.3 is 10.3 Å². The summed E-state index contributed by atoms with van der Waals surface area (Å²) in [6.45, 7) is 1.91. The normalized spacial score (nSPS) is 13.7. The van der Waals surface area contributed by atoms with Crippen LogP contribution in [0.25, 0.3) is 0 Å². The Hall–Kier alpha value is -1.84. The maximum absolute atomic E-state index is 9.38. The fourth-order valence-corrected chi connectivity index (χ4v) is 2.85. The van der Waals surface area contributed by atoms with E-state index in [0.29, 0.717) is 12.2 Å². The van der Waals surface area contributed by atoms with Gasteiger partial charge in [0.05, 0.1) is 6.07 Å². The molecule has 1 aromatic carbocycles. The fourth-order valence-electron chi connectivity index (χ4n) is 1.82. The van der Waals surface area contributed by atoms with Gasteiger partial charge in [-0.3, -0.25) is 0 Å². The highest BCUT2D eigenvalue weighted by atomic mass is 32.2. The monoisotopic (exact) mass is 287 g/mol. The topological polar surface area (TPSA) is 80.5 Å². The van der Waals surface area contributed by atoms with E-state index < -0.39 is 5.54 Å². The Morgan fingerprint density at radius 1 is 1.35 bits per heavy atom. The minimum atomic E-state index is -0.956. The molecule has 2 rings (SSSR count). The summed E-state index contributed by atoms with van der Waals surface area (Å²) in [5, 5.41) is 18.3. The largest absolute Gasteiger partial charge is 0.310 e. The smallest absolute Gasteiger partial charge is 0.190 e. The third-order valence-corrected chi connectivity index (χ3v) is 4.29. The number of rotatable bonds is 5. The number of hydrogen-bond acceptors (Lipinski definition) is 5. The van der Waals surface area contributed by atoms with Crippen molar-refractivity contribution in [3.8, 4) is 6.07 Å². The van der Waals surface area contributed by atoms with Gasteiger partial charge in [-0.1, -0.05) is 42.1 Å². The predicted molar refractivity (Wildman–Crippen MR) is 79.0 cm³/mol. The third-order valence-electron chi connectivity index (χ3n) is 3.27. The predicted octanol–water partition coefficient (Wildman–Crippen LogP) is 1.98. The van der Waals surface area contributed by atoms with Crippen LogP contribution in [0.5, 0.6) is 0 Å². The quantitative estimate of drug-likeness (QED) is 0.850. The van der Waals surface area contributed by atoms with Crippen LogP contribution < -0.4 is 5.73 Å². The highest BCUT2D eigenvalue weighted by molar-refractivity contribution is 7.99. The lowest BCUT2D eigenvalue weighted by Crippen LogP contribution is -2.35. The third kappa shape index (κ3) is 3.00. The zero-order valence-corrected chi connectivity index (χ0v) is 12.4. The summed E-state index contributed by atoms with van der Waals surface area (Å²) in [7, 11) is 1.93. The van der Waals surface area contributed by atoms with E-state index in [0.717, 1.165) is 16.5 Å². The van der Waals surface area contributed by atoms with Gasteiger partial charge in [-0.05, 0) is 18.9 Å². The first-order chi connectivity index (χ1) is 9.57. The summed E-state index contributed by atoms with van der Waals surface area (Å²) < 4.78 is 1.93. The van der Waals surface area contributed by atoms with Crippen molar-refractivity contribution in [3.05, 3.63) is 41.7 Å². The van der Waals surface area contributed by atoms with E-state index in [2.05, 4.69) is 16.3 Å². The molecule has 5 nitrogen and oxygen atoms in total. The number of nitriles is 1. The fraction of sp³-hybridized carbons (Fsp3) is 0.357. The van der Waals surface area contributed by atoms with Gasteiger partial charge in [-0.25, -0.2) is 0 Å². The van der Waals surface area contributed by atoms with Crippen LogP contribution in [0.3, 0.4) is 0 Å². The molecule has 0 aliphatic heterocycles. The lowest BCUT2D eigenvalue weighted by atomic mass is 9.90. The van der Waals surface area contributed by atoms with E-state index in [1.807, 2.05) is 48.9 Å². The van der Waals surface area contributed by atoms with Gasteiger partial charge in [0, 0.05) is 12.8 Å². The van der Waals surface area contributed by atoms with Gasteiger partial charge in [0.2, 0.25) is 0 Å². The molecule has 104 valence electrons. The molecule has 1 heterocycles. The second-order valence-corrected chi connectivity index (χ2v) is 5.70. The molecule has 0 aliphatic rings. The van der Waals surface area contributed by atoms with Crippen molar-refractivity contribution >= 4 is 11.8 Å². The molecule has 0 amide bonds. The summed E-state index contributed by atoms with van der Waals surface area (Å²) in [5.41, 5.74) is 6.10. The summed E-state index contributed by atoms with van der Waals surface area (Å²) in [6, 6.07) is 11.7. The highest BCUT2D eigenvalue weighted by Gasteiger charge is 2.26. The van der Waals surface area contributed by atoms with Crippen LogP contribution in [0.1, 0.15) is 17.8 Å². The van der Waals surface area contributed by atoms with Crippen LogP contribution in [0.15, 0.2) is 35.5 Å². The van der Waals surface area contributed by atoms with Crippen molar-refractivity contribution in [2.45, 2.75) is 24.0 Å². The Labute approximate surface area is 122 Å². The van der Waals surface area contributed by atoms with Crippen molar-refractivity contribution in [3.63, 3.8) is 0 Å². The number of thioether (sulfide) groups is 1. The first-order valence-electron chi connectivity index (χ1n) is 6.31. The standard InChI is InChI=1S/C14H17N5S/c1-11-17-18-13(19(11)2)20-9-8-14(16,10-15)12-6-4-3-5-7-12/h3-7H,8-9,16H2,1-2H3. The van der Waals surface area contributed by atoms with Crippen LogP contribution >= 0.6 is 11.8 Å². The summed E-state index contributed by atoms with van der Waals surface area (Å²) in [5.74, 6) is 1.58. The minimum Gasteiger partial charge on any atom is -0.310 e. The van der Waals surface area contributed by atoms with Crippen LogP contribution in [-0.4, -0.2) is 20.5 Å². The maximum atomic E-state index is 9.38. The van der Waals surface area contributed by atoms with Crippen molar-refractivity contribution in [2.24, 2.45) is 12.8 Å². The average molecular weight is 287 g/mol. The SMILES string of the molecule is Cc1nnc(SCCC(N)(C#N)c2ccccc2)n1C. The lowest BCUT2D eigenvalue weighted by molar-refractivity contribution is 0.559. The van der Waals surface area contributed by atoms with Gasteiger partial charge in [0.1, 0.15) is 11.4 Å². The Morgan fingerprint density at radius 3 is 2.60 bits per heavy atom. The molecular weight excluding hydrogens is 270 g/mol. The number of aryl methyl sites for hydroxylation is 1. The molecule has 0 spiro atoms. The molecule has 1 aromatic heterocycles. The molecule has 2 N–H and O–H groups in total. The van der Waals surface area contributed by atoms with Crippen LogP contribution in [-0.2, 0) is 12.6 Å². The zero-order chi connectivity index (χ0) is 14.6. The van der Waals surface area contributed by atoms with Crippen molar-refractivity contribution in [1.82, 2.24) is 14.8 Å². The highest BCUT2D eigenvalue weighted by Crippen LogP contribution is 2.25. The van der Waals surface area contributed by atoms with E-state index >= 15 is 0 Å². The molecule has 6 heteroatoms. The molecule has 0 fully saturated rings. The molecule has 0 bridgehead atoms.